The van der Waals surface area contributed by atoms with Crippen LogP contribution in [0, 0.1) is 11.3 Å². The average molecular weight is 163 g/mol. The van der Waals surface area contributed by atoms with E-state index in [0.29, 0.717) is 0 Å². The molecule has 0 saturated heterocycles. The van der Waals surface area contributed by atoms with Crippen LogP contribution in [0.5, 0.6) is 0 Å². The molecule has 0 saturated carbocycles. The summed E-state index contributed by atoms with van der Waals surface area (Å²) >= 11 is 0. The molecule has 0 rings (SSSR count). The van der Waals surface area contributed by atoms with Gasteiger partial charge < -0.3 is 0 Å². The van der Waals surface area contributed by atoms with Crippen molar-refractivity contribution in [3.05, 3.63) is 0 Å². The summed E-state index contributed by atoms with van der Waals surface area (Å²) < 4.78 is 24.5. The van der Waals surface area contributed by atoms with Gasteiger partial charge in [0.1, 0.15) is 6.54 Å². The molecule has 6 heteroatoms. The molecule has 0 radical (unpaired) electrons. The summed E-state index contributed by atoms with van der Waals surface area (Å²) in [7, 11) is -0.776. The topological polar surface area (TPSA) is 73.2 Å². The number of nitrogens with one attached hydrogen (secondary N) is 1. The highest BCUT2D eigenvalue weighted by Crippen LogP contribution is 1.88. The number of nitrogens with zero attached hydrogens (tertiary/aromatic N) is 2. The molecule has 0 aromatic rings. The van der Waals surface area contributed by atoms with Gasteiger partial charge in [0.15, 0.2) is 0 Å². The molecule has 0 fully saturated rings. The van der Waals surface area contributed by atoms with E-state index in [1.54, 1.807) is 6.07 Å². The summed E-state index contributed by atoms with van der Waals surface area (Å²) in [6.07, 6.45) is 0. The van der Waals surface area contributed by atoms with Crippen LogP contribution in [0.1, 0.15) is 0 Å². The van der Waals surface area contributed by atoms with Crippen molar-refractivity contribution in [2.75, 3.05) is 20.6 Å². The normalized spacial score (nSPS) is 11.4. The van der Waals surface area contributed by atoms with Crippen molar-refractivity contribution in [1.82, 2.24) is 9.03 Å². The maximum absolute atomic E-state index is 10.8. The van der Waals surface area contributed by atoms with Crippen molar-refractivity contribution < 1.29 is 8.42 Å². The minimum Gasteiger partial charge on any atom is -0.205 e. The fourth-order valence-electron chi connectivity index (χ4n) is 0.340. The molecular weight excluding hydrogens is 154 g/mol. The van der Waals surface area contributed by atoms with Crippen molar-refractivity contribution in [3.63, 3.8) is 0 Å². The molecule has 0 aliphatic heterocycles. The molecule has 0 aromatic heterocycles. The van der Waals surface area contributed by atoms with Gasteiger partial charge in [-0.15, -0.1) is 0 Å². The maximum atomic E-state index is 10.8. The first-order chi connectivity index (χ1) is 4.54. The number of hydrogen-bond donors (Lipinski definition) is 1. The van der Waals surface area contributed by atoms with Gasteiger partial charge in [0.2, 0.25) is 0 Å². The lowest BCUT2D eigenvalue weighted by molar-refractivity contribution is 0.493. The van der Waals surface area contributed by atoms with Gasteiger partial charge in [0, 0.05) is 14.1 Å². The summed E-state index contributed by atoms with van der Waals surface area (Å²) in [6, 6.07) is 1.71. The van der Waals surface area contributed by atoms with E-state index in [-0.39, 0.29) is 6.54 Å². The van der Waals surface area contributed by atoms with Gasteiger partial charge in [-0.05, 0) is 0 Å². The highest BCUT2D eigenvalue weighted by molar-refractivity contribution is 7.87. The molecule has 58 valence electrons. The zero-order valence-corrected chi connectivity index (χ0v) is 6.64. The lowest BCUT2D eigenvalue weighted by Crippen LogP contribution is -2.36. The van der Waals surface area contributed by atoms with Crippen molar-refractivity contribution in [1.29, 1.82) is 5.26 Å². The molecule has 0 unspecified atom stereocenters. The van der Waals surface area contributed by atoms with Crippen LogP contribution < -0.4 is 4.72 Å². The Morgan fingerprint density at radius 1 is 1.70 bits per heavy atom. The summed E-state index contributed by atoms with van der Waals surface area (Å²) in [5.41, 5.74) is 0. The number of hydrogen-bond acceptors (Lipinski definition) is 3. The second kappa shape index (κ2) is 3.51. The largest absolute Gasteiger partial charge is 0.279 e. The number of nitriles is 1. The van der Waals surface area contributed by atoms with Gasteiger partial charge in [-0.1, -0.05) is 0 Å². The molecule has 1 N–H and O–H groups in total. The summed E-state index contributed by atoms with van der Waals surface area (Å²) in [5.74, 6) is 0. The van der Waals surface area contributed by atoms with Gasteiger partial charge in [-0.3, -0.25) is 0 Å². The highest BCUT2D eigenvalue weighted by Gasteiger charge is 2.12. The van der Waals surface area contributed by atoms with Crippen LogP contribution in [0.2, 0.25) is 0 Å². The Kier molecular flexibility index (Phi) is 3.28. The predicted molar refractivity (Wildman–Crippen MR) is 36.2 cm³/mol. The van der Waals surface area contributed by atoms with Gasteiger partial charge in [-0.2, -0.15) is 18.0 Å². The zero-order valence-electron chi connectivity index (χ0n) is 5.83. The van der Waals surface area contributed by atoms with Crippen LogP contribution in [0.15, 0.2) is 0 Å². The highest BCUT2D eigenvalue weighted by atomic mass is 32.2. The van der Waals surface area contributed by atoms with E-state index in [9.17, 15) is 8.42 Å². The molecule has 0 bridgehead atoms. The van der Waals surface area contributed by atoms with Crippen molar-refractivity contribution in [2.45, 2.75) is 0 Å². The van der Waals surface area contributed by atoms with E-state index in [2.05, 4.69) is 4.72 Å². The second-order valence-electron chi connectivity index (χ2n) is 1.62. The first-order valence-corrected chi connectivity index (χ1v) is 4.00. The minimum absolute atomic E-state index is 0.136. The van der Waals surface area contributed by atoms with E-state index in [4.69, 9.17) is 5.26 Å². The van der Waals surface area contributed by atoms with Crippen molar-refractivity contribution in [3.8, 4) is 6.07 Å². The van der Waals surface area contributed by atoms with E-state index < -0.39 is 10.2 Å². The number of rotatable bonds is 3. The third-order valence-electron chi connectivity index (χ3n) is 0.962. The average Bonchev–Trinajstić information content (AvgIpc) is 1.89. The smallest absolute Gasteiger partial charge is 0.205 e. The summed E-state index contributed by atoms with van der Waals surface area (Å²) in [4.78, 5) is 0. The Morgan fingerprint density at radius 2 is 2.20 bits per heavy atom. The van der Waals surface area contributed by atoms with Crippen LogP contribution in [-0.2, 0) is 10.2 Å². The van der Waals surface area contributed by atoms with Crippen LogP contribution in [0.25, 0.3) is 0 Å². The monoisotopic (exact) mass is 163 g/mol. The minimum atomic E-state index is -3.40. The third-order valence-corrected chi connectivity index (χ3v) is 2.43. The second-order valence-corrected chi connectivity index (χ2v) is 3.61. The summed E-state index contributed by atoms with van der Waals surface area (Å²) in [6.45, 7) is -0.136. The van der Waals surface area contributed by atoms with Gasteiger partial charge in [0.05, 0.1) is 6.07 Å². The SMILES string of the molecule is CNS(=O)(=O)N(C)CC#N. The Labute approximate surface area is 60.4 Å². The fraction of sp³-hybridized carbons (Fsp3) is 0.750. The molecule has 0 amide bonds. The Bertz CT molecular complexity index is 227. The summed E-state index contributed by atoms with van der Waals surface area (Å²) in [5, 5.41) is 8.11. The first-order valence-electron chi connectivity index (χ1n) is 2.56. The Hall–Kier alpha value is -0.640. The van der Waals surface area contributed by atoms with Crippen LogP contribution in [-0.4, -0.2) is 33.4 Å². The van der Waals surface area contributed by atoms with Gasteiger partial charge >= 0.3 is 0 Å². The molecule has 0 aliphatic rings. The Balaban J connectivity index is 4.23. The lowest BCUT2D eigenvalue weighted by atomic mass is 10.7. The van der Waals surface area contributed by atoms with Crippen molar-refractivity contribution in [2.24, 2.45) is 0 Å². The molecule has 0 spiro atoms. The lowest BCUT2D eigenvalue weighted by Gasteiger charge is -2.10. The first kappa shape index (κ1) is 9.36. The maximum Gasteiger partial charge on any atom is 0.279 e. The third kappa shape index (κ3) is 2.31. The molecular formula is C4H9N3O2S. The standard InChI is InChI=1S/C4H9N3O2S/c1-6-10(8,9)7(2)4-3-5/h6H,4H2,1-2H3. The van der Waals surface area contributed by atoms with Gasteiger partial charge in [-0.25, -0.2) is 4.72 Å². The van der Waals surface area contributed by atoms with E-state index in [0.717, 1.165) is 4.31 Å². The van der Waals surface area contributed by atoms with E-state index in [1.165, 1.54) is 14.1 Å². The molecule has 0 aliphatic carbocycles. The van der Waals surface area contributed by atoms with Crippen LogP contribution in [0.3, 0.4) is 0 Å². The van der Waals surface area contributed by atoms with E-state index >= 15 is 0 Å². The van der Waals surface area contributed by atoms with Crippen LogP contribution >= 0.6 is 0 Å². The van der Waals surface area contributed by atoms with Gasteiger partial charge in [0.25, 0.3) is 10.2 Å². The van der Waals surface area contributed by atoms with Crippen LogP contribution in [0.4, 0.5) is 0 Å². The Morgan fingerprint density at radius 3 is 2.50 bits per heavy atom. The quantitative estimate of drug-likeness (QED) is 0.537. The molecule has 0 heterocycles. The zero-order chi connectivity index (χ0) is 8.20. The van der Waals surface area contributed by atoms with E-state index in [1.807, 2.05) is 0 Å². The fourth-order valence-corrected chi connectivity index (χ4v) is 0.880. The molecule has 0 aromatic carbocycles. The molecule has 10 heavy (non-hydrogen) atoms. The molecule has 5 nitrogen and oxygen atoms in total. The van der Waals surface area contributed by atoms with Crippen molar-refractivity contribution >= 4 is 10.2 Å². The molecule has 0 atom stereocenters. The predicted octanol–water partition coefficient (Wildman–Crippen LogP) is -1.09.